The summed E-state index contributed by atoms with van der Waals surface area (Å²) in [5, 5.41) is 0. The van der Waals surface area contributed by atoms with E-state index in [1.54, 1.807) is 7.11 Å². The number of hydrogen-bond donors (Lipinski definition) is 0. The Morgan fingerprint density at radius 3 is 2.50 bits per heavy atom. The molecule has 22 heavy (non-hydrogen) atoms. The number of rotatable bonds is 5. The fourth-order valence-electron chi connectivity index (χ4n) is 2.35. The smallest absolute Gasteiger partial charge is 0.184 e. The third kappa shape index (κ3) is 3.85. The van der Waals surface area contributed by atoms with E-state index in [0.717, 1.165) is 16.9 Å². The first-order valence-corrected chi connectivity index (χ1v) is 7.38. The zero-order valence-electron chi connectivity index (χ0n) is 12.6. The van der Waals surface area contributed by atoms with Crippen LogP contribution in [0.25, 0.3) is 0 Å². The van der Waals surface area contributed by atoms with Crippen molar-refractivity contribution in [2.24, 2.45) is 0 Å². The van der Waals surface area contributed by atoms with Crippen LogP contribution in [0.1, 0.15) is 17.4 Å². The highest BCUT2D eigenvalue weighted by Crippen LogP contribution is 2.26. The highest BCUT2D eigenvalue weighted by atomic mass is 16.7. The molecule has 0 unspecified atom stereocenters. The molecule has 4 nitrogen and oxygen atoms in total. The van der Waals surface area contributed by atoms with E-state index in [4.69, 9.17) is 18.9 Å². The molecule has 1 aliphatic rings. The first kappa shape index (κ1) is 15.0. The third-order valence-electron chi connectivity index (χ3n) is 3.56. The van der Waals surface area contributed by atoms with E-state index in [0.29, 0.717) is 19.8 Å². The molecular weight excluding hydrogens is 280 g/mol. The van der Waals surface area contributed by atoms with E-state index in [1.165, 1.54) is 0 Å². The zero-order valence-corrected chi connectivity index (χ0v) is 12.6. The maximum Gasteiger partial charge on any atom is 0.184 e. The van der Waals surface area contributed by atoms with Gasteiger partial charge in [0.15, 0.2) is 6.29 Å². The molecule has 0 saturated carbocycles. The molecule has 0 aromatic heterocycles. The lowest BCUT2D eigenvalue weighted by Gasteiger charge is -2.29. The normalized spacial score (nSPS) is 21.5. The summed E-state index contributed by atoms with van der Waals surface area (Å²) in [5.41, 5.74) is 2.11. The summed E-state index contributed by atoms with van der Waals surface area (Å²) in [7, 11) is 1.65. The van der Waals surface area contributed by atoms with Gasteiger partial charge in [-0.15, -0.1) is 0 Å². The first-order chi connectivity index (χ1) is 10.8. The van der Waals surface area contributed by atoms with Crippen LogP contribution in [0.2, 0.25) is 0 Å². The lowest BCUT2D eigenvalue weighted by Crippen LogP contribution is -2.33. The molecule has 4 heteroatoms. The van der Waals surface area contributed by atoms with Gasteiger partial charge in [-0.3, -0.25) is 0 Å². The van der Waals surface area contributed by atoms with Crippen molar-refractivity contribution in [3.8, 4) is 5.75 Å². The molecule has 0 spiro atoms. The van der Waals surface area contributed by atoms with Crippen LogP contribution in [0, 0.1) is 0 Å². The Kier molecular flexibility index (Phi) is 5.06. The van der Waals surface area contributed by atoms with E-state index in [9.17, 15) is 0 Å². The SMILES string of the molecule is COc1cccc(C2OCC(OCc3ccccc3)CO2)c1. The third-order valence-corrected chi connectivity index (χ3v) is 3.56. The molecule has 0 bridgehead atoms. The predicted octanol–water partition coefficient (Wildman–Crippen LogP) is 3.33. The second-order valence-electron chi connectivity index (χ2n) is 5.19. The summed E-state index contributed by atoms with van der Waals surface area (Å²) in [5.74, 6) is 0.798. The second kappa shape index (κ2) is 7.40. The maximum absolute atomic E-state index is 5.82. The van der Waals surface area contributed by atoms with Crippen LogP contribution in [0.15, 0.2) is 54.6 Å². The van der Waals surface area contributed by atoms with Gasteiger partial charge in [0.25, 0.3) is 0 Å². The van der Waals surface area contributed by atoms with Crippen LogP contribution < -0.4 is 4.74 Å². The summed E-state index contributed by atoms with van der Waals surface area (Å²) in [6.45, 7) is 1.62. The van der Waals surface area contributed by atoms with Crippen LogP contribution in [0.3, 0.4) is 0 Å². The van der Waals surface area contributed by atoms with Gasteiger partial charge >= 0.3 is 0 Å². The molecule has 0 amide bonds. The number of ether oxygens (including phenoxy) is 4. The predicted molar refractivity (Wildman–Crippen MR) is 82.7 cm³/mol. The van der Waals surface area contributed by atoms with Gasteiger partial charge in [0.2, 0.25) is 0 Å². The number of hydrogen-bond acceptors (Lipinski definition) is 4. The lowest BCUT2D eigenvalue weighted by molar-refractivity contribution is -0.232. The molecule has 0 atom stereocenters. The van der Waals surface area contributed by atoms with Crippen molar-refractivity contribution in [3.63, 3.8) is 0 Å². The Morgan fingerprint density at radius 2 is 1.77 bits per heavy atom. The standard InChI is InChI=1S/C18H20O4/c1-19-16-9-5-8-15(10-16)18-21-12-17(13-22-18)20-11-14-6-3-2-4-7-14/h2-10,17-18H,11-13H2,1H3. The van der Waals surface area contributed by atoms with Crippen molar-refractivity contribution in [3.05, 3.63) is 65.7 Å². The van der Waals surface area contributed by atoms with Crippen molar-refractivity contribution in [1.29, 1.82) is 0 Å². The molecule has 3 rings (SSSR count). The summed E-state index contributed by atoms with van der Waals surface area (Å²) in [4.78, 5) is 0. The largest absolute Gasteiger partial charge is 0.497 e. The maximum atomic E-state index is 5.82. The van der Waals surface area contributed by atoms with E-state index < -0.39 is 0 Å². The Hall–Kier alpha value is -1.88. The van der Waals surface area contributed by atoms with Crippen LogP contribution in [-0.4, -0.2) is 26.4 Å². The van der Waals surface area contributed by atoms with Gasteiger partial charge in [0.05, 0.1) is 26.9 Å². The minimum absolute atomic E-state index is 0.0398. The molecule has 116 valence electrons. The van der Waals surface area contributed by atoms with Gasteiger partial charge in [-0.25, -0.2) is 0 Å². The average molecular weight is 300 g/mol. The Labute approximate surface area is 130 Å². The molecule has 1 heterocycles. The molecule has 2 aromatic rings. The Balaban J connectivity index is 1.49. The topological polar surface area (TPSA) is 36.9 Å². The molecule has 1 aliphatic heterocycles. The molecule has 2 aromatic carbocycles. The second-order valence-corrected chi connectivity index (χ2v) is 5.19. The summed E-state index contributed by atoms with van der Waals surface area (Å²) in [6, 6.07) is 17.8. The van der Waals surface area contributed by atoms with Crippen LogP contribution >= 0.6 is 0 Å². The van der Waals surface area contributed by atoms with Crippen LogP contribution in [0.5, 0.6) is 5.75 Å². The van der Waals surface area contributed by atoms with E-state index >= 15 is 0 Å². The van der Waals surface area contributed by atoms with Crippen molar-refractivity contribution in [2.75, 3.05) is 20.3 Å². The average Bonchev–Trinajstić information content (AvgIpc) is 2.61. The molecule has 1 saturated heterocycles. The Morgan fingerprint density at radius 1 is 1.00 bits per heavy atom. The molecule has 0 radical (unpaired) electrons. The first-order valence-electron chi connectivity index (χ1n) is 7.38. The van der Waals surface area contributed by atoms with Crippen molar-refractivity contribution in [2.45, 2.75) is 19.0 Å². The van der Waals surface area contributed by atoms with E-state index in [-0.39, 0.29) is 12.4 Å². The lowest BCUT2D eigenvalue weighted by atomic mass is 10.2. The summed E-state index contributed by atoms with van der Waals surface area (Å²) in [6.07, 6.45) is -0.395. The highest BCUT2D eigenvalue weighted by molar-refractivity contribution is 5.29. The Bertz CT molecular complexity index is 577. The van der Waals surface area contributed by atoms with Crippen molar-refractivity contribution < 1.29 is 18.9 Å². The van der Waals surface area contributed by atoms with E-state index in [1.807, 2.05) is 54.6 Å². The van der Waals surface area contributed by atoms with Gasteiger partial charge in [0.1, 0.15) is 11.9 Å². The fraction of sp³-hybridized carbons (Fsp3) is 0.333. The van der Waals surface area contributed by atoms with Gasteiger partial charge in [-0.05, 0) is 17.7 Å². The monoisotopic (exact) mass is 300 g/mol. The van der Waals surface area contributed by atoms with Crippen molar-refractivity contribution in [1.82, 2.24) is 0 Å². The quantitative estimate of drug-likeness (QED) is 0.849. The van der Waals surface area contributed by atoms with Gasteiger partial charge < -0.3 is 18.9 Å². The molecular formula is C18H20O4. The van der Waals surface area contributed by atoms with E-state index in [2.05, 4.69) is 0 Å². The minimum atomic E-state index is -0.355. The minimum Gasteiger partial charge on any atom is -0.497 e. The summed E-state index contributed by atoms with van der Waals surface area (Å²) < 4.78 is 22.6. The number of benzene rings is 2. The van der Waals surface area contributed by atoms with Crippen molar-refractivity contribution >= 4 is 0 Å². The zero-order chi connectivity index (χ0) is 15.2. The fourth-order valence-corrected chi connectivity index (χ4v) is 2.35. The van der Waals surface area contributed by atoms with Crippen LogP contribution in [0.4, 0.5) is 0 Å². The van der Waals surface area contributed by atoms with Gasteiger partial charge in [0, 0.05) is 5.56 Å². The van der Waals surface area contributed by atoms with Gasteiger partial charge in [-0.1, -0.05) is 42.5 Å². The highest BCUT2D eigenvalue weighted by Gasteiger charge is 2.24. The van der Waals surface area contributed by atoms with Crippen LogP contribution in [-0.2, 0) is 20.8 Å². The molecule has 0 aliphatic carbocycles. The molecule has 0 N–H and O–H groups in total. The summed E-state index contributed by atoms with van der Waals surface area (Å²) >= 11 is 0. The molecule has 1 fully saturated rings. The van der Waals surface area contributed by atoms with Gasteiger partial charge in [-0.2, -0.15) is 0 Å². The number of methoxy groups -OCH3 is 1.